The van der Waals surface area contributed by atoms with E-state index in [0.717, 1.165) is 16.5 Å². The zero-order valence-electron chi connectivity index (χ0n) is 19.5. The van der Waals surface area contributed by atoms with Crippen molar-refractivity contribution in [2.24, 2.45) is 11.7 Å². The second kappa shape index (κ2) is 12.5. The van der Waals surface area contributed by atoms with Crippen LogP contribution < -0.4 is 21.7 Å². The van der Waals surface area contributed by atoms with Crippen LogP contribution in [-0.4, -0.2) is 69.5 Å². The first kappa shape index (κ1) is 27.3. The number of aromatic amines is 1. The first-order chi connectivity index (χ1) is 16.5. The van der Waals surface area contributed by atoms with E-state index >= 15 is 0 Å². The molecule has 8 N–H and O–H groups in total. The molecule has 0 aliphatic heterocycles. The number of H-pyrrole nitrogens is 1. The van der Waals surface area contributed by atoms with Gasteiger partial charge >= 0.3 is 11.9 Å². The molecule has 0 spiro atoms. The van der Waals surface area contributed by atoms with E-state index in [1.165, 1.54) is 0 Å². The normalized spacial score (nSPS) is 14.4. The fraction of sp³-hybridized carbons (Fsp3) is 0.435. The minimum Gasteiger partial charge on any atom is -0.481 e. The van der Waals surface area contributed by atoms with Gasteiger partial charge in [-0.3, -0.25) is 19.2 Å². The molecule has 12 nitrogen and oxygen atoms in total. The quantitative estimate of drug-likeness (QED) is 0.199. The molecule has 1 heterocycles. The highest BCUT2D eigenvalue weighted by Gasteiger charge is 2.31. The van der Waals surface area contributed by atoms with E-state index in [2.05, 4.69) is 20.9 Å². The van der Waals surface area contributed by atoms with Gasteiger partial charge in [0.15, 0.2) is 0 Å². The molecule has 4 unspecified atom stereocenters. The molecular formula is C23H31N5O7. The summed E-state index contributed by atoms with van der Waals surface area (Å²) in [7, 11) is 0. The summed E-state index contributed by atoms with van der Waals surface area (Å²) in [5.41, 5.74) is 7.77. The summed E-state index contributed by atoms with van der Waals surface area (Å²) in [4.78, 5) is 62.7. The Bertz CT molecular complexity index is 1080. The monoisotopic (exact) mass is 489 g/mol. The predicted molar refractivity (Wildman–Crippen MR) is 126 cm³/mol. The van der Waals surface area contributed by atoms with Gasteiger partial charge in [0.05, 0.1) is 19.0 Å². The molecule has 2 rings (SSSR count). The first-order valence-electron chi connectivity index (χ1n) is 11.2. The number of para-hydroxylation sites is 1. The van der Waals surface area contributed by atoms with Gasteiger partial charge in [-0.25, -0.2) is 4.79 Å². The first-order valence-corrected chi connectivity index (χ1v) is 11.2. The van der Waals surface area contributed by atoms with Crippen LogP contribution in [0.2, 0.25) is 0 Å². The Morgan fingerprint density at radius 3 is 2.37 bits per heavy atom. The number of carbonyl (C=O) groups is 5. The summed E-state index contributed by atoms with van der Waals surface area (Å²) in [6, 6.07) is 3.88. The molecular weight excluding hydrogens is 458 g/mol. The Morgan fingerprint density at radius 2 is 1.74 bits per heavy atom. The van der Waals surface area contributed by atoms with Crippen LogP contribution in [0, 0.1) is 5.92 Å². The van der Waals surface area contributed by atoms with Crippen LogP contribution in [0.1, 0.15) is 32.3 Å². The van der Waals surface area contributed by atoms with Crippen molar-refractivity contribution in [3.05, 3.63) is 36.0 Å². The molecule has 0 saturated carbocycles. The smallest absolute Gasteiger partial charge is 0.326 e. The molecule has 4 atom stereocenters. The maximum absolute atomic E-state index is 12.6. The van der Waals surface area contributed by atoms with Gasteiger partial charge in [0, 0.05) is 17.1 Å². The van der Waals surface area contributed by atoms with Gasteiger partial charge in [-0.05, 0) is 24.0 Å². The number of nitrogens with two attached hydrogens (primary N) is 1. The zero-order valence-corrected chi connectivity index (χ0v) is 19.5. The molecule has 2 aromatic rings. The van der Waals surface area contributed by atoms with E-state index < -0.39 is 66.7 Å². The number of rotatable bonds is 13. The van der Waals surface area contributed by atoms with Crippen molar-refractivity contribution in [1.82, 2.24) is 20.9 Å². The third-order valence-corrected chi connectivity index (χ3v) is 5.68. The molecule has 3 amide bonds. The third-order valence-electron chi connectivity index (χ3n) is 5.68. The van der Waals surface area contributed by atoms with Crippen LogP contribution in [-0.2, 0) is 30.4 Å². The number of hydrogen-bond acceptors (Lipinski definition) is 6. The SMILES string of the molecule is CCC(C)C(NC(=O)CNC(=O)C(N)Cc1c[nH]c2ccccc12)C(=O)NC(CC(=O)O)C(=O)O. The van der Waals surface area contributed by atoms with Crippen LogP contribution in [0.25, 0.3) is 10.9 Å². The van der Waals surface area contributed by atoms with Crippen molar-refractivity contribution in [2.45, 2.75) is 51.2 Å². The average Bonchev–Trinajstić information content (AvgIpc) is 3.22. The Kier molecular flexibility index (Phi) is 9.76. The molecule has 0 radical (unpaired) electrons. The highest BCUT2D eigenvalue weighted by molar-refractivity contribution is 5.93. The van der Waals surface area contributed by atoms with Crippen LogP contribution in [0.4, 0.5) is 0 Å². The number of fused-ring (bicyclic) bond motifs is 1. The molecule has 35 heavy (non-hydrogen) atoms. The fourth-order valence-electron chi connectivity index (χ4n) is 3.49. The van der Waals surface area contributed by atoms with Gasteiger partial charge in [0.1, 0.15) is 12.1 Å². The lowest BCUT2D eigenvalue weighted by Gasteiger charge is -2.25. The van der Waals surface area contributed by atoms with Crippen molar-refractivity contribution in [2.75, 3.05) is 6.54 Å². The fourth-order valence-corrected chi connectivity index (χ4v) is 3.49. The van der Waals surface area contributed by atoms with Crippen LogP contribution in [0.5, 0.6) is 0 Å². The van der Waals surface area contributed by atoms with E-state index in [-0.39, 0.29) is 6.42 Å². The summed E-state index contributed by atoms with van der Waals surface area (Å²) in [6.45, 7) is 3.00. The molecule has 12 heteroatoms. The standard InChI is InChI=1S/C23H31N5O7/c1-3-12(2)20(22(33)27-17(23(34)35)9-19(30)31)28-18(29)11-26-21(32)15(24)8-13-10-25-16-7-5-4-6-14(13)16/h4-7,10,12,15,17,20,25H,3,8-9,11,24H2,1-2H3,(H,26,32)(H,27,33)(H,28,29)(H,30,31)(H,34,35). The number of nitrogens with one attached hydrogen (secondary N) is 4. The largest absolute Gasteiger partial charge is 0.481 e. The average molecular weight is 490 g/mol. The summed E-state index contributed by atoms with van der Waals surface area (Å²) in [5, 5.41) is 26.0. The minimum absolute atomic E-state index is 0.246. The van der Waals surface area contributed by atoms with Crippen LogP contribution in [0.3, 0.4) is 0 Å². The molecule has 1 aromatic carbocycles. The maximum atomic E-state index is 12.6. The maximum Gasteiger partial charge on any atom is 0.326 e. The molecule has 190 valence electrons. The van der Waals surface area contributed by atoms with E-state index in [1.807, 2.05) is 24.3 Å². The molecule has 1 aromatic heterocycles. The molecule has 0 aliphatic carbocycles. The lowest BCUT2D eigenvalue weighted by Crippen LogP contribution is -2.56. The third kappa shape index (κ3) is 7.81. The number of aliphatic carboxylic acids is 2. The summed E-state index contributed by atoms with van der Waals surface area (Å²) in [6.07, 6.45) is 1.67. The lowest BCUT2D eigenvalue weighted by molar-refractivity contribution is -0.147. The predicted octanol–water partition coefficient (Wildman–Crippen LogP) is -0.271. The van der Waals surface area contributed by atoms with Gasteiger partial charge in [-0.2, -0.15) is 0 Å². The van der Waals surface area contributed by atoms with E-state index in [9.17, 15) is 24.0 Å². The number of carboxylic acids is 2. The molecule has 0 saturated heterocycles. The Hall–Kier alpha value is -3.93. The summed E-state index contributed by atoms with van der Waals surface area (Å²) >= 11 is 0. The number of carboxylic acid groups (broad SMARTS) is 2. The number of carbonyl (C=O) groups excluding carboxylic acids is 3. The molecule has 0 aliphatic rings. The summed E-state index contributed by atoms with van der Waals surface area (Å²) < 4.78 is 0. The van der Waals surface area contributed by atoms with E-state index in [0.29, 0.717) is 6.42 Å². The second-order valence-corrected chi connectivity index (χ2v) is 8.32. The van der Waals surface area contributed by atoms with Gasteiger partial charge < -0.3 is 36.9 Å². The Labute approximate surface area is 201 Å². The van der Waals surface area contributed by atoms with Crippen LogP contribution >= 0.6 is 0 Å². The Morgan fingerprint density at radius 1 is 1.06 bits per heavy atom. The van der Waals surface area contributed by atoms with Gasteiger partial charge in [0.25, 0.3) is 0 Å². The lowest BCUT2D eigenvalue weighted by atomic mass is 9.97. The molecule has 0 fully saturated rings. The van der Waals surface area contributed by atoms with Crippen molar-refractivity contribution >= 4 is 40.6 Å². The summed E-state index contributed by atoms with van der Waals surface area (Å²) in [5.74, 6) is -5.35. The topological polar surface area (TPSA) is 204 Å². The number of amides is 3. The van der Waals surface area contributed by atoms with Crippen molar-refractivity contribution in [1.29, 1.82) is 0 Å². The van der Waals surface area contributed by atoms with E-state index in [4.69, 9.17) is 15.9 Å². The van der Waals surface area contributed by atoms with Gasteiger partial charge in [0.2, 0.25) is 17.7 Å². The number of hydrogen-bond donors (Lipinski definition) is 7. The van der Waals surface area contributed by atoms with Crippen LogP contribution in [0.15, 0.2) is 30.5 Å². The van der Waals surface area contributed by atoms with E-state index in [1.54, 1.807) is 20.0 Å². The molecule has 0 bridgehead atoms. The van der Waals surface area contributed by atoms with Gasteiger partial charge in [-0.1, -0.05) is 38.5 Å². The van der Waals surface area contributed by atoms with Crippen molar-refractivity contribution in [3.63, 3.8) is 0 Å². The second-order valence-electron chi connectivity index (χ2n) is 8.32. The Balaban J connectivity index is 1.94. The zero-order chi connectivity index (χ0) is 26.1. The van der Waals surface area contributed by atoms with Crippen molar-refractivity contribution in [3.8, 4) is 0 Å². The number of benzene rings is 1. The minimum atomic E-state index is -1.65. The number of aromatic nitrogens is 1. The van der Waals surface area contributed by atoms with Crippen molar-refractivity contribution < 1.29 is 34.2 Å². The van der Waals surface area contributed by atoms with Gasteiger partial charge in [-0.15, -0.1) is 0 Å². The highest BCUT2D eigenvalue weighted by atomic mass is 16.4. The highest BCUT2D eigenvalue weighted by Crippen LogP contribution is 2.18.